The number of carbonyl (C=O) groups excluding carboxylic acids is 2. The molecule has 2 aliphatic rings. The summed E-state index contributed by atoms with van der Waals surface area (Å²) in [5.41, 5.74) is 0.572. The number of amides is 2. The number of para-hydroxylation sites is 1. The standard InChI is InChI=1S/C23H21N3O8S/c1-13-17(11-14-7-9-15(10-8-14)26(31)32)35(33)22-19(21(28)25(22)20(13)23(29)30)24-18(27)12-34-16-5-3-2-4-6-16/h2-10,17,19-20,22H,1,11-12H2,(H,24,27)(H,29,30)/t17?,19?,20?,22-,35?/m1/s1. The van der Waals surface area contributed by atoms with Crippen LogP contribution in [0, 0.1) is 10.1 Å². The lowest BCUT2D eigenvalue weighted by atomic mass is 9.93. The summed E-state index contributed by atoms with van der Waals surface area (Å²) in [4.78, 5) is 48.4. The molecule has 11 nitrogen and oxygen atoms in total. The molecule has 2 amide bonds. The van der Waals surface area contributed by atoms with Gasteiger partial charge < -0.3 is 20.1 Å². The van der Waals surface area contributed by atoms with Gasteiger partial charge in [0.2, 0.25) is 5.91 Å². The van der Waals surface area contributed by atoms with Crippen molar-refractivity contribution in [3.05, 3.63) is 82.4 Å². The molecule has 2 aromatic rings. The molecule has 0 spiro atoms. The number of hydrogen-bond donors (Lipinski definition) is 2. The topological polar surface area (TPSA) is 156 Å². The van der Waals surface area contributed by atoms with Crippen LogP contribution >= 0.6 is 0 Å². The van der Waals surface area contributed by atoms with Gasteiger partial charge in [0.15, 0.2) is 12.6 Å². The molecular weight excluding hydrogens is 478 g/mol. The molecule has 2 saturated heterocycles. The molecule has 4 unspecified atom stereocenters. The molecule has 0 saturated carbocycles. The fraction of sp³-hybridized carbons (Fsp3) is 0.261. The van der Waals surface area contributed by atoms with Crippen LogP contribution in [0.4, 0.5) is 5.69 Å². The number of nitrogens with zero attached hydrogens (tertiary/aromatic N) is 2. The number of nitro groups is 1. The van der Waals surface area contributed by atoms with Crippen molar-refractivity contribution in [3.63, 3.8) is 0 Å². The summed E-state index contributed by atoms with van der Waals surface area (Å²) >= 11 is 0. The molecule has 2 aromatic carbocycles. The minimum absolute atomic E-state index is 0.0935. The first-order chi connectivity index (χ1) is 16.7. The number of aliphatic carboxylic acids is 1. The van der Waals surface area contributed by atoms with Gasteiger partial charge in [0.25, 0.3) is 11.6 Å². The average molecular weight is 500 g/mol. The molecular formula is C23H21N3O8S. The summed E-state index contributed by atoms with van der Waals surface area (Å²) in [6.07, 6.45) is 0.101. The van der Waals surface area contributed by atoms with Crippen LogP contribution in [0.25, 0.3) is 0 Å². The van der Waals surface area contributed by atoms with Crippen molar-refractivity contribution in [1.29, 1.82) is 0 Å². The number of rotatable bonds is 8. The van der Waals surface area contributed by atoms with Gasteiger partial charge in [0.05, 0.1) is 21.0 Å². The molecule has 5 atom stereocenters. The summed E-state index contributed by atoms with van der Waals surface area (Å²) in [7, 11) is -1.80. The number of non-ortho nitro benzene ring substituents is 1. The molecule has 35 heavy (non-hydrogen) atoms. The Balaban J connectivity index is 1.50. The third kappa shape index (κ3) is 4.64. The third-order valence-electron chi connectivity index (χ3n) is 5.87. The van der Waals surface area contributed by atoms with E-state index in [-0.39, 0.29) is 24.3 Å². The van der Waals surface area contributed by atoms with Crippen LogP contribution in [0.2, 0.25) is 0 Å². The highest BCUT2D eigenvalue weighted by molar-refractivity contribution is 7.86. The van der Waals surface area contributed by atoms with E-state index in [9.17, 15) is 33.8 Å². The second-order valence-corrected chi connectivity index (χ2v) is 9.75. The van der Waals surface area contributed by atoms with Gasteiger partial charge in [-0.15, -0.1) is 0 Å². The van der Waals surface area contributed by atoms with Crippen molar-refractivity contribution >= 4 is 34.3 Å². The fourth-order valence-corrected chi connectivity index (χ4v) is 6.17. The van der Waals surface area contributed by atoms with Gasteiger partial charge in [-0.3, -0.25) is 23.9 Å². The monoisotopic (exact) mass is 499 g/mol. The zero-order chi connectivity index (χ0) is 25.3. The maximum absolute atomic E-state index is 13.4. The van der Waals surface area contributed by atoms with E-state index in [0.717, 1.165) is 4.90 Å². The maximum Gasteiger partial charge on any atom is 0.330 e. The SMILES string of the molecule is C=C1C(C(=O)O)N2C(=O)C(NC(=O)COc3ccccc3)[C@H]2S(=O)C1Cc1ccc([N+](=O)[O-])cc1. The Morgan fingerprint density at radius 3 is 2.43 bits per heavy atom. The van der Waals surface area contributed by atoms with Gasteiger partial charge in [0.1, 0.15) is 17.2 Å². The van der Waals surface area contributed by atoms with Crippen molar-refractivity contribution < 1.29 is 33.4 Å². The van der Waals surface area contributed by atoms with Crippen LogP contribution in [0.15, 0.2) is 66.7 Å². The van der Waals surface area contributed by atoms with Crippen LogP contribution in [-0.4, -0.2) is 66.2 Å². The number of hydrogen-bond acceptors (Lipinski definition) is 7. The molecule has 182 valence electrons. The number of carbonyl (C=O) groups is 3. The van der Waals surface area contributed by atoms with Gasteiger partial charge in [-0.1, -0.05) is 36.9 Å². The predicted octanol–water partition coefficient (Wildman–Crippen LogP) is 1.01. The molecule has 0 aliphatic carbocycles. The van der Waals surface area contributed by atoms with E-state index in [2.05, 4.69) is 11.9 Å². The second kappa shape index (κ2) is 9.66. The first-order valence-corrected chi connectivity index (χ1v) is 11.8. The highest BCUT2D eigenvalue weighted by Crippen LogP contribution is 2.39. The van der Waals surface area contributed by atoms with Crippen molar-refractivity contribution in [2.24, 2.45) is 0 Å². The second-order valence-electron chi connectivity index (χ2n) is 8.04. The van der Waals surface area contributed by atoms with E-state index in [1.807, 2.05) is 0 Å². The Bertz CT molecular complexity index is 1220. The fourth-order valence-electron chi connectivity index (χ4n) is 4.15. The minimum atomic E-state index is -1.80. The van der Waals surface area contributed by atoms with Gasteiger partial charge >= 0.3 is 5.97 Å². The first-order valence-electron chi connectivity index (χ1n) is 10.5. The Morgan fingerprint density at radius 1 is 1.17 bits per heavy atom. The van der Waals surface area contributed by atoms with Gasteiger partial charge in [0, 0.05) is 12.1 Å². The van der Waals surface area contributed by atoms with Crippen LogP contribution in [0.1, 0.15) is 5.56 Å². The Labute approximate surface area is 202 Å². The summed E-state index contributed by atoms with van der Waals surface area (Å²) in [6.45, 7) is 3.43. The number of fused-ring (bicyclic) bond motifs is 1. The normalized spacial score (nSPS) is 25.3. The van der Waals surface area contributed by atoms with Gasteiger partial charge in [-0.05, 0) is 29.7 Å². The van der Waals surface area contributed by atoms with Crippen LogP contribution in [-0.2, 0) is 31.6 Å². The zero-order valence-electron chi connectivity index (χ0n) is 18.2. The van der Waals surface area contributed by atoms with E-state index in [1.54, 1.807) is 30.3 Å². The zero-order valence-corrected chi connectivity index (χ0v) is 19.1. The van der Waals surface area contributed by atoms with E-state index in [1.165, 1.54) is 24.3 Å². The highest BCUT2D eigenvalue weighted by atomic mass is 32.2. The quantitative estimate of drug-likeness (QED) is 0.236. The van der Waals surface area contributed by atoms with Crippen molar-refractivity contribution in [1.82, 2.24) is 10.2 Å². The molecule has 12 heteroatoms. The van der Waals surface area contributed by atoms with Gasteiger partial charge in [-0.25, -0.2) is 4.79 Å². The predicted molar refractivity (Wildman–Crippen MR) is 124 cm³/mol. The van der Waals surface area contributed by atoms with Crippen LogP contribution in [0.3, 0.4) is 0 Å². The van der Waals surface area contributed by atoms with E-state index >= 15 is 0 Å². The molecule has 0 aromatic heterocycles. The molecule has 0 radical (unpaired) electrons. The number of nitrogens with one attached hydrogen (secondary N) is 1. The van der Waals surface area contributed by atoms with Crippen molar-refractivity contribution in [3.8, 4) is 5.75 Å². The highest BCUT2D eigenvalue weighted by Gasteiger charge is 2.61. The molecule has 2 aliphatic heterocycles. The lowest BCUT2D eigenvalue weighted by Crippen LogP contribution is -2.78. The minimum Gasteiger partial charge on any atom is -0.484 e. The molecule has 2 fully saturated rings. The number of ether oxygens (including phenoxy) is 1. The lowest BCUT2D eigenvalue weighted by molar-refractivity contribution is -0.384. The summed E-state index contributed by atoms with van der Waals surface area (Å²) in [5, 5.41) is 21.2. The molecule has 2 N–H and O–H groups in total. The Kier molecular flexibility index (Phi) is 6.65. The summed E-state index contributed by atoms with van der Waals surface area (Å²) in [6, 6.07) is 11.6. The number of carboxylic acids is 1. The molecule has 0 bridgehead atoms. The number of benzene rings is 2. The molecule has 2 heterocycles. The van der Waals surface area contributed by atoms with Crippen molar-refractivity contribution in [2.75, 3.05) is 6.61 Å². The van der Waals surface area contributed by atoms with Crippen LogP contribution < -0.4 is 10.1 Å². The smallest absolute Gasteiger partial charge is 0.330 e. The van der Waals surface area contributed by atoms with Crippen molar-refractivity contribution in [2.45, 2.75) is 29.1 Å². The Hall–Kier alpha value is -4.06. The molecule has 4 rings (SSSR count). The number of nitro benzene ring substituents is 1. The van der Waals surface area contributed by atoms with Gasteiger partial charge in [-0.2, -0.15) is 0 Å². The lowest BCUT2D eigenvalue weighted by Gasteiger charge is -2.54. The van der Waals surface area contributed by atoms with E-state index < -0.39 is 56.2 Å². The van der Waals surface area contributed by atoms with E-state index in [0.29, 0.717) is 11.3 Å². The number of β-lactam (4-membered cyclic amide) rings is 1. The maximum atomic E-state index is 13.4. The van der Waals surface area contributed by atoms with Crippen LogP contribution in [0.5, 0.6) is 5.75 Å². The number of carboxylic acid groups (broad SMARTS) is 1. The first kappa shape index (κ1) is 24.1. The third-order valence-corrected chi connectivity index (χ3v) is 7.88. The summed E-state index contributed by atoms with van der Waals surface area (Å²) in [5.74, 6) is -2.16. The van der Waals surface area contributed by atoms with E-state index in [4.69, 9.17) is 4.74 Å². The summed E-state index contributed by atoms with van der Waals surface area (Å²) < 4.78 is 18.8. The average Bonchev–Trinajstić information content (AvgIpc) is 2.84. The Morgan fingerprint density at radius 2 is 1.83 bits per heavy atom. The largest absolute Gasteiger partial charge is 0.484 e.